The first-order valence-corrected chi connectivity index (χ1v) is 11.3. The SMILES string of the molecule is COC(=O)C(CCN(C)C)NC(=O)c1cc2c(cnn2CC(C)C)cc1Oc1cccc(F)c1F. The van der Waals surface area contributed by atoms with E-state index in [9.17, 15) is 18.4 Å². The number of hydrogen-bond acceptors (Lipinski definition) is 6. The molecule has 35 heavy (non-hydrogen) atoms. The molecule has 1 aromatic heterocycles. The van der Waals surface area contributed by atoms with Gasteiger partial charge in [0.1, 0.15) is 11.8 Å². The Kier molecular flexibility index (Phi) is 8.39. The maximum atomic E-state index is 14.3. The fourth-order valence-corrected chi connectivity index (χ4v) is 3.55. The summed E-state index contributed by atoms with van der Waals surface area (Å²) in [5.74, 6) is -3.54. The van der Waals surface area contributed by atoms with Crippen LogP contribution < -0.4 is 10.1 Å². The van der Waals surface area contributed by atoms with Crippen molar-refractivity contribution < 1.29 is 27.8 Å². The predicted molar refractivity (Wildman–Crippen MR) is 127 cm³/mol. The minimum Gasteiger partial charge on any atom is -0.467 e. The molecule has 0 saturated heterocycles. The van der Waals surface area contributed by atoms with Crippen LogP contribution in [0.5, 0.6) is 11.5 Å². The van der Waals surface area contributed by atoms with E-state index in [1.807, 2.05) is 32.8 Å². The Hall–Kier alpha value is -3.53. The molecular formula is C25H30F2N4O4. The van der Waals surface area contributed by atoms with Gasteiger partial charge in [0.2, 0.25) is 5.82 Å². The highest BCUT2D eigenvalue weighted by molar-refractivity contribution is 6.02. The number of carbonyl (C=O) groups is 2. The quantitative estimate of drug-likeness (QED) is 0.435. The van der Waals surface area contributed by atoms with E-state index in [2.05, 4.69) is 10.4 Å². The molecule has 0 aliphatic carbocycles. The van der Waals surface area contributed by atoms with Gasteiger partial charge in [-0.1, -0.05) is 19.9 Å². The minimum atomic E-state index is -1.17. The average molecular weight is 489 g/mol. The molecule has 0 radical (unpaired) electrons. The minimum absolute atomic E-state index is 0.000165. The summed E-state index contributed by atoms with van der Waals surface area (Å²) in [6.45, 7) is 5.21. The Labute approximate surface area is 202 Å². The van der Waals surface area contributed by atoms with E-state index < -0.39 is 29.6 Å². The van der Waals surface area contributed by atoms with Gasteiger partial charge in [-0.15, -0.1) is 0 Å². The highest BCUT2D eigenvalue weighted by Crippen LogP contribution is 2.32. The smallest absolute Gasteiger partial charge is 0.328 e. The Morgan fingerprint density at radius 2 is 1.91 bits per heavy atom. The van der Waals surface area contributed by atoms with Crippen LogP contribution in [-0.4, -0.2) is 60.3 Å². The zero-order valence-corrected chi connectivity index (χ0v) is 20.5. The average Bonchev–Trinajstić information content (AvgIpc) is 3.19. The second-order valence-corrected chi connectivity index (χ2v) is 8.92. The number of ether oxygens (including phenoxy) is 2. The van der Waals surface area contributed by atoms with Crippen molar-refractivity contribution in [2.45, 2.75) is 32.9 Å². The zero-order valence-electron chi connectivity index (χ0n) is 20.5. The number of esters is 1. The van der Waals surface area contributed by atoms with Gasteiger partial charge in [0.25, 0.3) is 5.91 Å². The van der Waals surface area contributed by atoms with E-state index in [1.54, 1.807) is 23.0 Å². The lowest BCUT2D eigenvalue weighted by Crippen LogP contribution is -2.43. The third kappa shape index (κ3) is 6.33. The molecule has 1 amide bonds. The molecule has 1 atom stereocenters. The summed E-state index contributed by atoms with van der Waals surface area (Å²) >= 11 is 0. The Bertz CT molecular complexity index is 1210. The normalized spacial score (nSPS) is 12.3. The first-order chi connectivity index (χ1) is 16.6. The molecule has 0 aliphatic heterocycles. The number of amides is 1. The fraction of sp³-hybridized carbons (Fsp3) is 0.400. The number of rotatable bonds is 10. The Balaban J connectivity index is 2.05. The van der Waals surface area contributed by atoms with Crippen LogP contribution in [0.3, 0.4) is 0 Å². The third-order valence-corrected chi connectivity index (χ3v) is 5.32. The zero-order chi connectivity index (χ0) is 25.7. The van der Waals surface area contributed by atoms with E-state index >= 15 is 0 Å². The van der Waals surface area contributed by atoms with Crippen molar-refractivity contribution in [3.05, 3.63) is 53.7 Å². The molecule has 0 saturated carbocycles. The summed E-state index contributed by atoms with van der Waals surface area (Å²) in [5.41, 5.74) is 0.712. The van der Waals surface area contributed by atoms with Gasteiger partial charge >= 0.3 is 5.97 Å². The second-order valence-electron chi connectivity index (χ2n) is 8.92. The topological polar surface area (TPSA) is 85.7 Å². The Morgan fingerprint density at radius 3 is 2.57 bits per heavy atom. The molecule has 0 bridgehead atoms. The van der Waals surface area contributed by atoms with E-state index in [0.29, 0.717) is 36.3 Å². The van der Waals surface area contributed by atoms with Crippen LogP contribution >= 0.6 is 0 Å². The van der Waals surface area contributed by atoms with Crippen LogP contribution in [0.15, 0.2) is 36.5 Å². The first-order valence-electron chi connectivity index (χ1n) is 11.3. The molecule has 3 rings (SSSR count). The number of benzene rings is 2. The number of halogens is 2. The number of hydrogen-bond donors (Lipinski definition) is 1. The molecule has 0 aliphatic rings. The second kappa shape index (κ2) is 11.3. The molecule has 3 aromatic rings. The molecule has 1 N–H and O–H groups in total. The van der Waals surface area contributed by atoms with Crippen molar-refractivity contribution in [2.75, 3.05) is 27.7 Å². The van der Waals surface area contributed by atoms with Crippen molar-refractivity contribution in [3.8, 4) is 11.5 Å². The fourth-order valence-electron chi connectivity index (χ4n) is 3.55. The summed E-state index contributed by atoms with van der Waals surface area (Å²) in [6.07, 6.45) is 1.93. The molecule has 8 nitrogen and oxygen atoms in total. The van der Waals surface area contributed by atoms with Crippen LogP contribution in [0.2, 0.25) is 0 Å². The summed E-state index contributed by atoms with van der Waals surface area (Å²) in [5, 5.41) is 7.73. The first kappa shape index (κ1) is 26.1. The van der Waals surface area contributed by atoms with Gasteiger partial charge in [-0.25, -0.2) is 9.18 Å². The maximum Gasteiger partial charge on any atom is 0.328 e. The molecule has 2 aromatic carbocycles. The molecule has 10 heteroatoms. The molecule has 188 valence electrons. The lowest BCUT2D eigenvalue weighted by Gasteiger charge is -2.20. The number of nitrogens with zero attached hydrogens (tertiary/aromatic N) is 3. The number of aromatic nitrogens is 2. The lowest BCUT2D eigenvalue weighted by atomic mass is 10.1. The summed E-state index contributed by atoms with van der Waals surface area (Å²) in [6, 6.07) is 5.76. The van der Waals surface area contributed by atoms with Crippen LogP contribution in [0.1, 0.15) is 30.6 Å². The third-order valence-electron chi connectivity index (χ3n) is 5.32. The van der Waals surface area contributed by atoms with Gasteiger partial charge in [0.15, 0.2) is 11.6 Å². The van der Waals surface area contributed by atoms with Crippen LogP contribution in [0.4, 0.5) is 8.78 Å². The Morgan fingerprint density at radius 1 is 1.17 bits per heavy atom. The number of carbonyl (C=O) groups excluding carboxylic acids is 2. The van der Waals surface area contributed by atoms with Crippen molar-refractivity contribution >= 4 is 22.8 Å². The van der Waals surface area contributed by atoms with Crippen LogP contribution in [0, 0.1) is 17.6 Å². The predicted octanol–water partition coefficient (Wildman–Crippen LogP) is 3.99. The monoisotopic (exact) mass is 488 g/mol. The van der Waals surface area contributed by atoms with Gasteiger partial charge in [0.05, 0.1) is 24.4 Å². The number of fused-ring (bicyclic) bond motifs is 1. The summed E-state index contributed by atoms with van der Waals surface area (Å²) < 4.78 is 40.4. The summed E-state index contributed by atoms with van der Waals surface area (Å²) in [7, 11) is 4.94. The summed E-state index contributed by atoms with van der Waals surface area (Å²) in [4.78, 5) is 27.6. The lowest BCUT2D eigenvalue weighted by molar-refractivity contribution is -0.143. The van der Waals surface area contributed by atoms with Crippen molar-refractivity contribution in [1.29, 1.82) is 0 Å². The van der Waals surface area contributed by atoms with E-state index in [-0.39, 0.29) is 17.1 Å². The molecule has 0 spiro atoms. The highest BCUT2D eigenvalue weighted by atomic mass is 19.2. The van der Waals surface area contributed by atoms with Gasteiger partial charge in [-0.05, 0) is 50.7 Å². The molecule has 1 unspecified atom stereocenters. The highest BCUT2D eigenvalue weighted by Gasteiger charge is 2.25. The van der Waals surface area contributed by atoms with Gasteiger partial charge < -0.3 is 19.7 Å². The number of nitrogens with one attached hydrogen (secondary N) is 1. The van der Waals surface area contributed by atoms with Crippen LogP contribution in [0.25, 0.3) is 10.9 Å². The van der Waals surface area contributed by atoms with Gasteiger partial charge in [-0.2, -0.15) is 9.49 Å². The van der Waals surface area contributed by atoms with E-state index in [4.69, 9.17) is 9.47 Å². The maximum absolute atomic E-state index is 14.3. The van der Waals surface area contributed by atoms with E-state index in [0.717, 1.165) is 6.07 Å². The van der Waals surface area contributed by atoms with Crippen molar-refractivity contribution in [2.24, 2.45) is 5.92 Å². The molecule has 0 fully saturated rings. The molecule has 1 heterocycles. The van der Waals surface area contributed by atoms with Gasteiger partial charge in [0, 0.05) is 18.5 Å². The van der Waals surface area contributed by atoms with Crippen molar-refractivity contribution in [3.63, 3.8) is 0 Å². The molecular weight excluding hydrogens is 458 g/mol. The van der Waals surface area contributed by atoms with Gasteiger partial charge in [-0.3, -0.25) is 9.48 Å². The standard InChI is InChI=1S/C25H30F2N4O4/c1-15(2)14-31-20-12-17(24(32)29-19(25(33)34-5)9-10-30(3)4)22(11-16(20)13-28-31)35-21-8-6-7-18(26)23(21)27/h6-8,11-13,15,19H,9-10,14H2,1-5H3,(H,29,32). The van der Waals surface area contributed by atoms with Crippen molar-refractivity contribution in [1.82, 2.24) is 20.0 Å². The number of methoxy groups -OCH3 is 1. The van der Waals surface area contributed by atoms with E-state index in [1.165, 1.54) is 19.2 Å². The largest absolute Gasteiger partial charge is 0.467 e. The van der Waals surface area contributed by atoms with Crippen LogP contribution in [-0.2, 0) is 16.1 Å².